The molecule has 0 radical (unpaired) electrons. The minimum Gasteiger partial charge on any atom is -0.313 e. The van der Waals surface area contributed by atoms with Gasteiger partial charge in [-0.3, -0.25) is 0 Å². The van der Waals surface area contributed by atoms with E-state index in [0.717, 1.165) is 17.9 Å². The molecule has 0 amide bonds. The Morgan fingerprint density at radius 2 is 1.83 bits per heavy atom. The van der Waals surface area contributed by atoms with E-state index in [9.17, 15) is 0 Å². The lowest BCUT2D eigenvalue weighted by molar-refractivity contribution is 0.235. The molecular formula is C10H20N2. The summed E-state index contributed by atoms with van der Waals surface area (Å²) >= 11 is 0. The van der Waals surface area contributed by atoms with Crippen LogP contribution in [0.15, 0.2) is 0 Å². The molecular weight excluding hydrogens is 148 g/mol. The molecule has 0 aromatic carbocycles. The summed E-state index contributed by atoms with van der Waals surface area (Å²) in [6, 6.07) is 0.808. The lowest BCUT2D eigenvalue weighted by atomic mass is 10.0. The molecule has 3 atom stereocenters. The summed E-state index contributed by atoms with van der Waals surface area (Å²) in [6.07, 6.45) is 1.39. The van der Waals surface area contributed by atoms with Gasteiger partial charge in [-0.25, -0.2) is 0 Å². The van der Waals surface area contributed by atoms with Gasteiger partial charge in [0.15, 0.2) is 0 Å². The summed E-state index contributed by atoms with van der Waals surface area (Å²) in [7, 11) is 0. The van der Waals surface area contributed by atoms with E-state index in [0.29, 0.717) is 0 Å². The highest BCUT2D eigenvalue weighted by atomic mass is 15.2. The van der Waals surface area contributed by atoms with Crippen LogP contribution in [0.4, 0.5) is 0 Å². The van der Waals surface area contributed by atoms with Crippen LogP contribution in [0.3, 0.4) is 0 Å². The van der Waals surface area contributed by atoms with Crippen LogP contribution in [0, 0.1) is 11.8 Å². The molecule has 3 unspecified atom stereocenters. The van der Waals surface area contributed by atoms with E-state index < -0.39 is 0 Å². The molecule has 2 aliphatic heterocycles. The molecule has 0 spiro atoms. The maximum Gasteiger partial charge on any atom is 0.0207 e. The molecule has 0 saturated carbocycles. The molecule has 0 aromatic rings. The fraction of sp³-hybridized carbons (Fsp3) is 1.00. The second-order valence-electron chi connectivity index (χ2n) is 4.61. The molecule has 2 saturated heterocycles. The van der Waals surface area contributed by atoms with Gasteiger partial charge in [0.1, 0.15) is 0 Å². The van der Waals surface area contributed by atoms with Crippen molar-refractivity contribution in [3.63, 3.8) is 0 Å². The van der Waals surface area contributed by atoms with Crippen molar-refractivity contribution in [3.8, 4) is 0 Å². The van der Waals surface area contributed by atoms with Crippen molar-refractivity contribution in [2.24, 2.45) is 11.8 Å². The number of rotatable bonds is 2. The first kappa shape index (κ1) is 8.52. The van der Waals surface area contributed by atoms with Gasteiger partial charge in [0.2, 0.25) is 0 Å². The van der Waals surface area contributed by atoms with Gasteiger partial charge < -0.3 is 10.2 Å². The Kier molecular flexibility index (Phi) is 2.37. The van der Waals surface area contributed by atoms with Gasteiger partial charge >= 0.3 is 0 Å². The van der Waals surface area contributed by atoms with E-state index in [4.69, 9.17) is 0 Å². The third-order valence-corrected chi connectivity index (χ3v) is 3.47. The maximum atomic E-state index is 3.46. The van der Waals surface area contributed by atoms with Gasteiger partial charge in [0, 0.05) is 25.7 Å². The molecule has 2 heteroatoms. The Balaban J connectivity index is 1.75. The first-order valence-electron chi connectivity index (χ1n) is 5.21. The SMILES string of the molecule is CC1CN(CC2CCN2)CC1C. The topological polar surface area (TPSA) is 15.3 Å². The molecule has 2 heterocycles. The third-order valence-electron chi connectivity index (χ3n) is 3.47. The quantitative estimate of drug-likeness (QED) is 0.660. The van der Waals surface area contributed by atoms with E-state index in [-0.39, 0.29) is 0 Å². The fourth-order valence-electron chi connectivity index (χ4n) is 2.21. The van der Waals surface area contributed by atoms with Crippen LogP contribution in [-0.4, -0.2) is 37.1 Å². The van der Waals surface area contributed by atoms with Crippen LogP contribution >= 0.6 is 0 Å². The van der Waals surface area contributed by atoms with Crippen molar-refractivity contribution in [3.05, 3.63) is 0 Å². The normalized spacial score (nSPS) is 43.0. The van der Waals surface area contributed by atoms with Crippen molar-refractivity contribution >= 4 is 0 Å². The van der Waals surface area contributed by atoms with Crippen LogP contribution in [0.25, 0.3) is 0 Å². The maximum absolute atomic E-state index is 3.46. The average Bonchev–Trinajstić information content (AvgIpc) is 2.24. The van der Waals surface area contributed by atoms with Gasteiger partial charge in [-0.05, 0) is 24.8 Å². The zero-order chi connectivity index (χ0) is 8.55. The Labute approximate surface area is 75.3 Å². The van der Waals surface area contributed by atoms with Crippen LogP contribution < -0.4 is 5.32 Å². The largest absolute Gasteiger partial charge is 0.313 e. The minimum absolute atomic E-state index is 0.808. The Morgan fingerprint density at radius 3 is 2.25 bits per heavy atom. The summed E-state index contributed by atoms with van der Waals surface area (Å²) in [5, 5.41) is 3.46. The van der Waals surface area contributed by atoms with Gasteiger partial charge in [-0.15, -0.1) is 0 Å². The molecule has 2 nitrogen and oxygen atoms in total. The van der Waals surface area contributed by atoms with Gasteiger partial charge in [-0.2, -0.15) is 0 Å². The van der Waals surface area contributed by atoms with E-state index in [1.165, 1.54) is 32.6 Å². The molecule has 2 rings (SSSR count). The molecule has 0 bridgehead atoms. The van der Waals surface area contributed by atoms with Crippen molar-refractivity contribution in [1.29, 1.82) is 0 Å². The Bertz CT molecular complexity index is 144. The first-order valence-corrected chi connectivity index (χ1v) is 5.21. The van der Waals surface area contributed by atoms with Crippen LogP contribution in [0.1, 0.15) is 20.3 Å². The molecule has 0 aromatic heterocycles. The zero-order valence-electron chi connectivity index (χ0n) is 8.21. The van der Waals surface area contributed by atoms with E-state index >= 15 is 0 Å². The Hall–Kier alpha value is -0.0800. The number of hydrogen-bond acceptors (Lipinski definition) is 2. The van der Waals surface area contributed by atoms with Crippen molar-refractivity contribution in [2.45, 2.75) is 26.3 Å². The van der Waals surface area contributed by atoms with E-state index in [1.54, 1.807) is 0 Å². The van der Waals surface area contributed by atoms with Crippen LogP contribution in [-0.2, 0) is 0 Å². The summed E-state index contributed by atoms with van der Waals surface area (Å²) in [6.45, 7) is 9.91. The molecule has 1 N–H and O–H groups in total. The standard InChI is InChI=1S/C10H20N2/c1-8-5-12(6-9(8)2)7-10-3-4-11-10/h8-11H,3-7H2,1-2H3. The second-order valence-corrected chi connectivity index (χ2v) is 4.61. The minimum atomic E-state index is 0.808. The predicted molar refractivity (Wildman–Crippen MR) is 51.2 cm³/mol. The van der Waals surface area contributed by atoms with Crippen molar-refractivity contribution in [2.75, 3.05) is 26.2 Å². The highest BCUT2D eigenvalue weighted by molar-refractivity contribution is 4.85. The van der Waals surface area contributed by atoms with Gasteiger partial charge in [-0.1, -0.05) is 13.8 Å². The molecule has 0 aliphatic carbocycles. The van der Waals surface area contributed by atoms with Crippen LogP contribution in [0.2, 0.25) is 0 Å². The lowest BCUT2D eigenvalue weighted by Gasteiger charge is -2.31. The highest BCUT2D eigenvalue weighted by Gasteiger charge is 2.28. The summed E-state index contributed by atoms with van der Waals surface area (Å²) in [4.78, 5) is 2.62. The average molecular weight is 168 g/mol. The van der Waals surface area contributed by atoms with Crippen LogP contribution in [0.5, 0.6) is 0 Å². The lowest BCUT2D eigenvalue weighted by Crippen LogP contribution is -2.49. The zero-order valence-corrected chi connectivity index (χ0v) is 8.21. The fourth-order valence-corrected chi connectivity index (χ4v) is 2.21. The smallest absolute Gasteiger partial charge is 0.0207 e. The highest BCUT2D eigenvalue weighted by Crippen LogP contribution is 2.22. The van der Waals surface area contributed by atoms with Gasteiger partial charge in [0.25, 0.3) is 0 Å². The van der Waals surface area contributed by atoms with Crippen molar-refractivity contribution < 1.29 is 0 Å². The third kappa shape index (κ3) is 1.64. The molecule has 2 aliphatic rings. The number of nitrogens with zero attached hydrogens (tertiary/aromatic N) is 1. The van der Waals surface area contributed by atoms with E-state index in [1.807, 2.05) is 0 Å². The first-order chi connectivity index (χ1) is 5.75. The summed E-state index contributed by atoms with van der Waals surface area (Å²) in [5.74, 6) is 1.81. The monoisotopic (exact) mass is 168 g/mol. The van der Waals surface area contributed by atoms with Gasteiger partial charge in [0.05, 0.1) is 0 Å². The molecule has 70 valence electrons. The molecule has 12 heavy (non-hydrogen) atoms. The number of hydrogen-bond donors (Lipinski definition) is 1. The second kappa shape index (κ2) is 3.35. The van der Waals surface area contributed by atoms with E-state index in [2.05, 4.69) is 24.1 Å². The molecule has 2 fully saturated rings. The summed E-state index contributed by atoms with van der Waals surface area (Å²) < 4.78 is 0. The summed E-state index contributed by atoms with van der Waals surface area (Å²) in [5.41, 5.74) is 0. The Morgan fingerprint density at radius 1 is 1.25 bits per heavy atom. The predicted octanol–water partition coefficient (Wildman–Crippen LogP) is 0.936. The number of nitrogens with one attached hydrogen (secondary N) is 1. The number of likely N-dealkylation sites (tertiary alicyclic amines) is 1. The van der Waals surface area contributed by atoms with Crippen molar-refractivity contribution in [1.82, 2.24) is 10.2 Å².